The predicted octanol–water partition coefficient (Wildman–Crippen LogP) is 12.6. The third-order valence-electron chi connectivity index (χ3n) is 9.05. The Hall–Kier alpha value is -1.39. The molecule has 0 spiro atoms. The summed E-state index contributed by atoms with van der Waals surface area (Å²) in [5.74, 6) is 0. The van der Waals surface area contributed by atoms with Gasteiger partial charge in [-0.2, -0.15) is 8.42 Å². The molecule has 0 bridgehead atoms. The maximum atomic E-state index is 12.1. The summed E-state index contributed by atoms with van der Waals surface area (Å²) in [6.07, 6.45) is 34.0. The maximum Gasteiger partial charge on any atom is 0.295 e. The Labute approximate surface area is 260 Å². The van der Waals surface area contributed by atoms with Gasteiger partial charge in [0.2, 0.25) is 0 Å². The van der Waals surface area contributed by atoms with Crippen LogP contribution in [0.2, 0.25) is 0 Å². The first-order valence-electron chi connectivity index (χ1n) is 18.0. The minimum atomic E-state index is -4.26. The van der Waals surface area contributed by atoms with E-state index in [-0.39, 0.29) is 4.90 Å². The zero-order valence-corrected chi connectivity index (χ0v) is 28.3. The van der Waals surface area contributed by atoms with Gasteiger partial charge in [0.1, 0.15) is 4.90 Å². The van der Waals surface area contributed by atoms with Gasteiger partial charge in [-0.15, -0.1) is 0 Å². The Morgan fingerprint density at radius 2 is 0.833 bits per heavy atom. The van der Waals surface area contributed by atoms with Crippen LogP contribution in [0.25, 0.3) is 10.8 Å². The quantitative estimate of drug-likeness (QED) is 0.0819. The van der Waals surface area contributed by atoms with Crippen LogP contribution in [0.5, 0.6) is 0 Å². The van der Waals surface area contributed by atoms with Gasteiger partial charge in [-0.25, -0.2) is 0 Å². The average molecular weight is 601 g/mol. The number of hydrogen-bond acceptors (Lipinski definition) is 2. The van der Waals surface area contributed by atoms with Gasteiger partial charge in [-0.1, -0.05) is 179 Å². The Balaban J connectivity index is 1.74. The predicted molar refractivity (Wildman–Crippen MR) is 183 cm³/mol. The number of aryl methyl sites for hydroxylation is 2. The van der Waals surface area contributed by atoms with E-state index >= 15 is 0 Å². The van der Waals surface area contributed by atoms with Crippen LogP contribution in [0.1, 0.15) is 179 Å². The average Bonchev–Trinajstić information content (AvgIpc) is 2.97. The summed E-state index contributed by atoms with van der Waals surface area (Å²) in [6.45, 7) is 4.54. The van der Waals surface area contributed by atoms with Crippen molar-refractivity contribution in [1.29, 1.82) is 0 Å². The van der Waals surface area contributed by atoms with Crippen molar-refractivity contribution in [3.8, 4) is 0 Å². The maximum absolute atomic E-state index is 12.1. The molecular formula is C38H64O3S. The van der Waals surface area contributed by atoms with E-state index in [4.69, 9.17) is 0 Å². The Bertz CT molecular complexity index is 1060. The molecule has 0 aromatic heterocycles. The second-order valence-corrected chi connectivity index (χ2v) is 14.2. The van der Waals surface area contributed by atoms with Gasteiger partial charge in [0.15, 0.2) is 0 Å². The lowest BCUT2D eigenvalue weighted by atomic mass is 9.93. The van der Waals surface area contributed by atoms with E-state index in [0.717, 1.165) is 31.1 Å². The van der Waals surface area contributed by atoms with Crippen LogP contribution in [0, 0.1) is 0 Å². The van der Waals surface area contributed by atoms with Crippen LogP contribution in [-0.4, -0.2) is 13.0 Å². The van der Waals surface area contributed by atoms with Crippen molar-refractivity contribution in [3.05, 3.63) is 41.5 Å². The van der Waals surface area contributed by atoms with Crippen molar-refractivity contribution >= 4 is 20.9 Å². The lowest BCUT2D eigenvalue weighted by Gasteiger charge is -2.14. The van der Waals surface area contributed by atoms with Gasteiger partial charge in [-0.3, -0.25) is 4.55 Å². The second-order valence-electron chi connectivity index (χ2n) is 12.8. The van der Waals surface area contributed by atoms with Crippen LogP contribution < -0.4 is 0 Å². The number of rotatable bonds is 27. The van der Waals surface area contributed by atoms with Crippen molar-refractivity contribution in [3.63, 3.8) is 0 Å². The molecule has 0 saturated heterocycles. The van der Waals surface area contributed by atoms with E-state index in [0.29, 0.717) is 5.39 Å². The molecular weight excluding hydrogens is 536 g/mol. The minimum Gasteiger partial charge on any atom is -0.282 e. The molecule has 0 unspecified atom stereocenters. The fourth-order valence-electron chi connectivity index (χ4n) is 6.49. The molecule has 1 N–H and O–H groups in total. The summed E-state index contributed by atoms with van der Waals surface area (Å²) in [7, 11) is -4.26. The molecule has 3 nitrogen and oxygen atoms in total. The first-order chi connectivity index (χ1) is 20.5. The summed E-state index contributed by atoms with van der Waals surface area (Å²) in [6, 6.07) is 9.55. The van der Waals surface area contributed by atoms with Crippen molar-refractivity contribution < 1.29 is 13.0 Å². The Kier molecular flexibility index (Phi) is 20.2. The van der Waals surface area contributed by atoms with E-state index in [1.807, 2.05) is 18.2 Å². The summed E-state index contributed by atoms with van der Waals surface area (Å²) in [5, 5.41) is 1.75. The number of fused-ring (bicyclic) bond motifs is 1. The highest BCUT2D eigenvalue weighted by molar-refractivity contribution is 7.86. The molecule has 240 valence electrons. The largest absolute Gasteiger partial charge is 0.295 e. The molecule has 0 amide bonds. The monoisotopic (exact) mass is 600 g/mol. The van der Waals surface area contributed by atoms with Crippen molar-refractivity contribution in [2.24, 2.45) is 0 Å². The molecule has 2 aromatic rings. The van der Waals surface area contributed by atoms with Gasteiger partial charge in [0.05, 0.1) is 0 Å². The highest BCUT2D eigenvalue weighted by atomic mass is 32.2. The van der Waals surface area contributed by atoms with E-state index in [9.17, 15) is 13.0 Å². The molecule has 2 aromatic carbocycles. The fourth-order valence-corrected chi connectivity index (χ4v) is 7.18. The smallest absolute Gasteiger partial charge is 0.282 e. The lowest BCUT2D eigenvalue weighted by molar-refractivity contribution is 0.484. The van der Waals surface area contributed by atoms with E-state index in [1.54, 1.807) is 6.07 Å². The summed E-state index contributed by atoms with van der Waals surface area (Å²) in [4.78, 5) is 0.0472. The molecule has 0 aliphatic rings. The lowest BCUT2D eigenvalue weighted by Crippen LogP contribution is -2.02. The van der Waals surface area contributed by atoms with Gasteiger partial charge in [0, 0.05) is 5.39 Å². The van der Waals surface area contributed by atoms with E-state index < -0.39 is 10.1 Å². The summed E-state index contributed by atoms with van der Waals surface area (Å²) < 4.78 is 34.2. The van der Waals surface area contributed by atoms with Crippen LogP contribution in [0.4, 0.5) is 0 Å². The van der Waals surface area contributed by atoms with Crippen molar-refractivity contribution in [2.45, 2.75) is 186 Å². The van der Waals surface area contributed by atoms with E-state index in [1.165, 1.54) is 152 Å². The standard InChI is InChI=1S/C38H64O3S/c1-3-5-7-9-11-13-14-15-16-17-18-19-20-22-23-25-28-34-30-27-31-36-37(42(39,40)41)33-32-35(38(34)36)29-26-24-21-12-10-8-6-4-2/h27,30-33H,3-26,28-29H2,1-2H3,(H,39,40,41). The molecule has 0 fully saturated rings. The third-order valence-corrected chi connectivity index (χ3v) is 9.96. The first-order valence-corrected chi connectivity index (χ1v) is 19.4. The van der Waals surface area contributed by atoms with Crippen molar-refractivity contribution in [2.75, 3.05) is 0 Å². The molecule has 42 heavy (non-hydrogen) atoms. The highest BCUT2D eigenvalue weighted by Gasteiger charge is 2.17. The zero-order valence-electron chi connectivity index (χ0n) is 27.4. The van der Waals surface area contributed by atoms with Gasteiger partial charge < -0.3 is 0 Å². The van der Waals surface area contributed by atoms with Gasteiger partial charge in [-0.05, 0) is 48.3 Å². The molecule has 0 atom stereocenters. The normalized spacial score (nSPS) is 12.0. The van der Waals surface area contributed by atoms with Crippen molar-refractivity contribution in [1.82, 2.24) is 0 Å². The highest BCUT2D eigenvalue weighted by Crippen LogP contribution is 2.31. The second kappa shape index (κ2) is 23.1. The SMILES string of the molecule is CCCCCCCCCCCCCCCCCCc1cccc2c(S(=O)(=O)O)ccc(CCCCCCCCCC)c12. The van der Waals surface area contributed by atoms with Crippen LogP contribution in [-0.2, 0) is 23.0 Å². The summed E-state index contributed by atoms with van der Waals surface area (Å²) >= 11 is 0. The molecule has 0 heterocycles. The molecule has 2 rings (SSSR count). The number of hydrogen-bond donors (Lipinski definition) is 1. The zero-order chi connectivity index (χ0) is 30.3. The Morgan fingerprint density at radius 1 is 0.476 bits per heavy atom. The van der Waals surface area contributed by atoms with Gasteiger partial charge >= 0.3 is 0 Å². The minimum absolute atomic E-state index is 0.0472. The van der Waals surface area contributed by atoms with Crippen LogP contribution in [0.3, 0.4) is 0 Å². The van der Waals surface area contributed by atoms with Crippen LogP contribution in [0.15, 0.2) is 35.2 Å². The number of benzene rings is 2. The molecule has 0 aliphatic carbocycles. The fraction of sp³-hybridized carbons (Fsp3) is 0.737. The molecule has 0 radical (unpaired) electrons. The number of unbranched alkanes of at least 4 members (excludes halogenated alkanes) is 22. The van der Waals surface area contributed by atoms with Crippen LogP contribution >= 0.6 is 0 Å². The molecule has 0 aliphatic heterocycles. The first kappa shape index (κ1) is 36.8. The Morgan fingerprint density at radius 3 is 1.21 bits per heavy atom. The third kappa shape index (κ3) is 15.4. The summed E-state index contributed by atoms with van der Waals surface area (Å²) in [5.41, 5.74) is 2.47. The van der Waals surface area contributed by atoms with Gasteiger partial charge in [0.25, 0.3) is 10.1 Å². The topological polar surface area (TPSA) is 54.4 Å². The van der Waals surface area contributed by atoms with E-state index in [2.05, 4.69) is 19.9 Å². The molecule has 0 saturated carbocycles. The molecule has 4 heteroatoms.